The first-order chi connectivity index (χ1) is 11.8. The zero-order valence-corrected chi connectivity index (χ0v) is 16.1. The molecule has 0 aliphatic rings. The number of rotatable bonds is 9. The lowest BCUT2D eigenvalue weighted by Crippen LogP contribution is -2.37. The second-order valence-electron chi connectivity index (χ2n) is 7.45. The van der Waals surface area contributed by atoms with Crippen LogP contribution in [0.2, 0.25) is 0 Å². The van der Waals surface area contributed by atoms with Crippen LogP contribution in [-0.4, -0.2) is 31.8 Å². The predicted molar refractivity (Wildman–Crippen MR) is 101 cm³/mol. The van der Waals surface area contributed by atoms with E-state index >= 15 is 0 Å². The van der Waals surface area contributed by atoms with Crippen molar-refractivity contribution in [2.75, 3.05) is 13.1 Å². The smallest absolute Gasteiger partial charge is 0.323 e. The molecule has 0 aliphatic carbocycles. The highest BCUT2D eigenvalue weighted by molar-refractivity contribution is 5.69. The highest BCUT2D eigenvalue weighted by Gasteiger charge is 2.13. The van der Waals surface area contributed by atoms with E-state index in [1.165, 1.54) is 30.9 Å². The van der Waals surface area contributed by atoms with Crippen LogP contribution < -0.4 is 16.6 Å². The average molecular weight is 349 g/mol. The van der Waals surface area contributed by atoms with Crippen LogP contribution in [0.1, 0.15) is 40.0 Å². The summed E-state index contributed by atoms with van der Waals surface area (Å²) in [6, 6.07) is 0. The van der Waals surface area contributed by atoms with Gasteiger partial charge in [-0.2, -0.15) is 0 Å². The Kier molecular flexibility index (Phi) is 6.58. The Labute approximate surface area is 148 Å². The maximum atomic E-state index is 12.4. The zero-order chi connectivity index (χ0) is 18.6. The number of hydrogen-bond acceptors (Lipinski definition) is 4. The van der Waals surface area contributed by atoms with E-state index in [2.05, 4.69) is 31.1 Å². The third-order valence-electron chi connectivity index (χ3n) is 4.72. The number of nitrogens with one attached hydrogen (secondary N) is 1. The molecular weight excluding hydrogens is 318 g/mol. The molecule has 1 N–H and O–H groups in total. The van der Waals surface area contributed by atoms with E-state index in [1.54, 1.807) is 13.4 Å². The van der Waals surface area contributed by atoms with Gasteiger partial charge in [0.15, 0.2) is 11.2 Å². The van der Waals surface area contributed by atoms with Crippen molar-refractivity contribution in [3.63, 3.8) is 0 Å². The van der Waals surface area contributed by atoms with Gasteiger partial charge in [-0.25, -0.2) is 9.78 Å². The van der Waals surface area contributed by atoms with Gasteiger partial charge in [0.05, 0.1) is 6.33 Å². The Bertz CT molecular complexity index is 815. The van der Waals surface area contributed by atoms with Crippen LogP contribution in [-0.2, 0) is 20.6 Å². The standard InChI is InChI=1S/C18H31N5O2/c1-13(2)7-6-8-14(3)11-19-9-10-23-12-20-16-15(23)17(24)22(5)18(25)21(16)4/h12-14,19H,6-11H2,1-5H3. The quantitative estimate of drug-likeness (QED) is 0.696. The van der Waals surface area contributed by atoms with Crippen LogP contribution in [0.4, 0.5) is 0 Å². The molecule has 0 radical (unpaired) electrons. The van der Waals surface area contributed by atoms with E-state index in [4.69, 9.17) is 0 Å². The SMILES string of the molecule is CC(C)CCCC(C)CNCCn1cnc2c1c(=O)n(C)c(=O)n2C. The van der Waals surface area contributed by atoms with E-state index in [0.717, 1.165) is 23.6 Å². The second-order valence-corrected chi connectivity index (χ2v) is 7.45. The summed E-state index contributed by atoms with van der Waals surface area (Å²) in [6.45, 7) is 9.19. The lowest BCUT2D eigenvalue weighted by molar-refractivity contribution is 0.430. The number of aromatic nitrogens is 4. The molecule has 0 saturated carbocycles. The molecule has 2 aromatic heterocycles. The van der Waals surface area contributed by atoms with Crippen molar-refractivity contribution in [3.8, 4) is 0 Å². The van der Waals surface area contributed by atoms with Gasteiger partial charge in [-0.05, 0) is 24.8 Å². The van der Waals surface area contributed by atoms with Crippen molar-refractivity contribution in [1.29, 1.82) is 0 Å². The molecule has 0 fully saturated rings. The summed E-state index contributed by atoms with van der Waals surface area (Å²) < 4.78 is 4.37. The molecule has 140 valence electrons. The van der Waals surface area contributed by atoms with Gasteiger partial charge in [0.2, 0.25) is 0 Å². The van der Waals surface area contributed by atoms with Crippen molar-refractivity contribution >= 4 is 11.2 Å². The first-order valence-electron chi connectivity index (χ1n) is 9.14. The highest BCUT2D eigenvalue weighted by atomic mass is 16.2. The summed E-state index contributed by atoms with van der Waals surface area (Å²) >= 11 is 0. The van der Waals surface area contributed by atoms with Crippen molar-refractivity contribution in [1.82, 2.24) is 24.0 Å². The zero-order valence-electron chi connectivity index (χ0n) is 16.1. The van der Waals surface area contributed by atoms with Gasteiger partial charge in [-0.1, -0.05) is 33.6 Å². The lowest BCUT2D eigenvalue weighted by Gasteiger charge is -2.13. The van der Waals surface area contributed by atoms with E-state index in [-0.39, 0.29) is 11.2 Å². The molecule has 0 aliphatic heterocycles. The number of imidazole rings is 1. The van der Waals surface area contributed by atoms with Crippen LogP contribution in [0.15, 0.2) is 15.9 Å². The maximum absolute atomic E-state index is 12.4. The first kappa shape index (κ1) is 19.4. The number of fused-ring (bicyclic) bond motifs is 1. The first-order valence-corrected chi connectivity index (χ1v) is 9.14. The molecule has 0 spiro atoms. The Morgan fingerprint density at radius 1 is 1.12 bits per heavy atom. The summed E-state index contributed by atoms with van der Waals surface area (Å²) in [7, 11) is 3.14. The van der Waals surface area contributed by atoms with Gasteiger partial charge < -0.3 is 9.88 Å². The summed E-state index contributed by atoms with van der Waals surface area (Å²) in [5, 5.41) is 3.46. The largest absolute Gasteiger partial charge is 0.332 e. The molecule has 0 amide bonds. The molecule has 0 aromatic carbocycles. The minimum atomic E-state index is -0.351. The molecule has 1 atom stereocenters. The fourth-order valence-electron chi connectivity index (χ4n) is 3.09. The van der Waals surface area contributed by atoms with Gasteiger partial charge in [0.1, 0.15) is 0 Å². The lowest BCUT2D eigenvalue weighted by atomic mass is 10.00. The van der Waals surface area contributed by atoms with Crippen LogP contribution >= 0.6 is 0 Å². The molecule has 7 heteroatoms. The van der Waals surface area contributed by atoms with Crippen molar-refractivity contribution in [2.24, 2.45) is 25.9 Å². The summed E-state index contributed by atoms with van der Waals surface area (Å²) in [4.78, 5) is 28.5. The number of hydrogen-bond donors (Lipinski definition) is 1. The second kappa shape index (κ2) is 8.47. The van der Waals surface area contributed by atoms with Gasteiger partial charge in [-0.15, -0.1) is 0 Å². The number of aryl methyl sites for hydroxylation is 1. The van der Waals surface area contributed by atoms with Crippen molar-refractivity contribution < 1.29 is 0 Å². The average Bonchev–Trinajstić information content (AvgIpc) is 2.98. The van der Waals surface area contributed by atoms with Gasteiger partial charge in [0, 0.05) is 27.2 Å². The fourth-order valence-corrected chi connectivity index (χ4v) is 3.09. The Balaban J connectivity index is 1.92. The van der Waals surface area contributed by atoms with E-state index in [9.17, 15) is 9.59 Å². The van der Waals surface area contributed by atoms with Crippen LogP contribution in [0.3, 0.4) is 0 Å². The van der Waals surface area contributed by atoms with Crippen LogP contribution in [0, 0.1) is 11.8 Å². The van der Waals surface area contributed by atoms with E-state index in [1.807, 2.05) is 4.57 Å². The number of nitrogens with zero attached hydrogens (tertiary/aromatic N) is 4. The van der Waals surface area contributed by atoms with Gasteiger partial charge >= 0.3 is 5.69 Å². The van der Waals surface area contributed by atoms with Crippen LogP contribution in [0.25, 0.3) is 11.2 Å². The summed E-state index contributed by atoms with van der Waals surface area (Å²) in [5.74, 6) is 1.42. The molecule has 25 heavy (non-hydrogen) atoms. The minimum Gasteiger partial charge on any atom is -0.323 e. The van der Waals surface area contributed by atoms with E-state index < -0.39 is 0 Å². The van der Waals surface area contributed by atoms with E-state index in [0.29, 0.717) is 23.6 Å². The Morgan fingerprint density at radius 3 is 2.52 bits per heavy atom. The predicted octanol–water partition coefficient (Wildman–Crippen LogP) is 1.49. The fraction of sp³-hybridized carbons (Fsp3) is 0.722. The molecular formula is C18H31N5O2. The Morgan fingerprint density at radius 2 is 1.84 bits per heavy atom. The summed E-state index contributed by atoms with van der Waals surface area (Å²) in [6.07, 6.45) is 5.44. The highest BCUT2D eigenvalue weighted by Crippen LogP contribution is 2.11. The molecule has 2 aromatic rings. The molecule has 2 rings (SSSR count). The summed E-state index contributed by atoms with van der Waals surface area (Å²) in [5.41, 5.74) is 0.278. The topological polar surface area (TPSA) is 73.8 Å². The molecule has 0 bridgehead atoms. The third kappa shape index (κ3) is 4.60. The van der Waals surface area contributed by atoms with Crippen molar-refractivity contribution in [2.45, 2.75) is 46.6 Å². The van der Waals surface area contributed by atoms with Crippen molar-refractivity contribution in [3.05, 3.63) is 27.2 Å². The monoisotopic (exact) mass is 349 g/mol. The van der Waals surface area contributed by atoms with Gasteiger partial charge in [-0.3, -0.25) is 13.9 Å². The minimum absolute atomic E-state index is 0.294. The molecule has 7 nitrogen and oxygen atoms in total. The normalized spacial score (nSPS) is 13.0. The maximum Gasteiger partial charge on any atom is 0.332 e. The molecule has 2 heterocycles. The molecule has 1 unspecified atom stereocenters. The Hall–Kier alpha value is -1.89. The van der Waals surface area contributed by atoms with Crippen LogP contribution in [0.5, 0.6) is 0 Å². The van der Waals surface area contributed by atoms with Gasteiger partial charge in [0.25, 0.3) is 5.56 Å². The third-order valence-corrected chi connectivity index (χ3v) is 4.72. The molecule has 0 saturated heterocycles.